The Morgan fingerprint density at radius 2 is 1.50 bits per heavy atom. The summed E-state index contributed by atoms with van der Waals surface area (Å²) in [6.07, 6.45) is 0.793. The van der Waals surface area contributed by atoms with Crippen molar-refractivity contribution in [3.05, 3.63) is 29.8 Å². The highest BCUT2D eigenvalue weighted by Gasteiger charge is 2.40. The van der Waals surface area contributed by atoms with Crippen molar-refractivity contribution in [3.63, 3.8) is 0 Å². The molecule has 26 heavy (non-hydrogen) atoms. The number of carbonyl (C=O) groups is 3. The molecule has 1 aromatic rings. The predicted molar refractivity (Wildman–Crippen MR) is 102 cm³/mol. The molecule has 1 fully saturated rings. The number of rotatable bonds is 4. The number of hydrogen-bond donors (Lipinski definition) is 1. The van der Waals surface area contributed by atoms with E-state index >= 15 is 0 Å². The van der Waals surface area contributed by atoms with Gasteiger partial charge in [0.1, 0.15) is 5.41 Å². The van der Waals surface area contributed by atoms with E-state index in [2.05, 4.69) is 26.1 Å². The summed E-state index contributed by atoms with van der Waals surface area (Å²) < 4.78 is 0. The summed E-state index contributed by atoms with van der Waals surface area (Å²) in [7, 11) is 0. The molecule has 2 rings (SSSR count). The highest BCUT2D eigenvalue weighted by Crippen LogP contribution is 2.26. The number of carbonyl (C=O) groups excluding carboxylic acids is 3. The van der Waals surface area contributed by atoms with Gasteiger partial charge >= 0.3 is 0 Å². The predicted octanol–water partition coefficient (Wildman–Crippen LogP) is 2.25. The third-order valence-electron chi connectivity index (χ3n) is 4.86. The van der Waals surface area contributed by atoms with Crippen LogP contribution in [0.2, 0.25) is 0 Å². The number of piperazine rings is 1. The molecule has 0 aromatic heterocycles. The second-order valence-electron chi connectivity index (χ2n) is 8.34. The van der Waals surface area contributed by atoms with Crippen LogP contribution in [0.4, 0.5) is 5.69 Å². The molecule has 1 aliphatic rings. The summed E-state index contributed by atoms with van der Waals surface area (Å²) in [5, 5.41) is 2.85. The Labute approximate surface area is 155 Å². The van der Waals surface area contributed by atoms with Crippen molar-refractivity contribution in [1.29, 1.82) is 0 Å². The van der Waals surface area contributed by atoms with E-state index in [1.807, 2.05) is 24.3 Å². The van der Waals surface area contributed by atoms with Gasteiger partial charge in [0.15, 0.2) is 0 Å². The highest BCUT2D eigenvalue weighted by molar-refractivity contribution is 6.09. The molecule has 0 saturated carbocycles. The monoisotopic (exact) mass is 359 g/mol. The maximum Gasteiger partial charge on any atom is 0.239 e. The summed E-state index contributed by atoms with van der Waals surface area (Å²) >= 11 is 0. The number of anilines is 1. The zero-order chi connectivity index (χ0) is 19.5. The standard InChI is InChI=1S/C20H29N3O3/c1-19(2,3)15-6-8-16(9-7-15)21-17(25)20(4,5)18(26)23-12-10-22(14-24)11-13-23/h6-9,14H,10-13H2,1-5H3,(H,21,25). The van der Waals surface area contributed by atoms with Gasteiger partial charge in [0.2, 0.25) is 18.2 Å². The van der Waals surface area contributed by atoms with Crippen molar-refractivity contribution in [3.8, 4) is 0 Å². The average molecular weight is 359 g/mol. The molecule has 0 bridgehead atoms. The normalized spacial score (nSPS) is 15.6. The fourth-order valence-electron chi connectivity index (χ4n) is 2.86. The molecule has 3 amide bonds. The fraction of sp³-hybridized carbons (Fsp3) is 0.550. The molecular formula is C20H29N3O3. The Bertz CT molecular complexity index is 667. The van der Waals surface area contributed by atoms with Crippen LogP contribution in [0.3, 0.4) is 0 Å². The second-order valence-corrected chi connectivity index (χ2v) is 8.34. The van der Waals surface area contributed by atoms with Crippen molar-refractivity contribution in [2.45, 2.75) is 40.0 Å². The van der Waals surface area contributed by atoms with Crippen LogP contribution in [0.15, 0.2) is 24.3 Å². The SMILES string of the molecule is CC(C)(C(=O)Nc1ccc(C(C)(C)C)cc1)C(=O)N1CCN(C=O)CC1. The third kappa shape index (κ3) is 4.42. The Balaban J connectivity index is 2.03. The Morgan fingerprint density at radius 1 is 0.962 bits per heavy atom. The molecule has 6 nitrogen and oxygen atoms in total. The maximum atomic E-state index is 12.8. The number of nitrogens with zero attached hydrogens (tertiary/aromatic N) is 2. The lowest BCUT2D eigenvalue weighted by Crippen LogP contribution is -2.54. The number of hydrogen-bond acceptors (Lipinski definition) is 3. The van der Waals surface area contributed by atoms with Gasteiger partial charge in [-0.25, -0.2) is 0 Å². The van der Waals surface area contributed by atoms with Crippen molar-refractivity contribution in [1.82, 2.24) is 9.80 Å². The molecule has 1 N–H and O–H groups in total. The van der Waals surface area contributed by atoms with Gasteiger partial charge in [-0.2, -0.15) is 0 Å². The molecule has 0 aliphatic carbocycles. The lowest BCUT2D eigenvalue weighted by atomic mass is 9.87. The van der Waals surface area contributed by atoms with Crippen LogP contribution in [0.25, 0.3) is 0 Å². The minimum Gasteiger partial charge on any atom is -0.342 e. The van der Waals surface area contributed by atoms with Gasteiger partial charge in [-0.05, 0) is 37.0 Å². The molecule has 1 aliphatic heterocycles. The van der Waals surface area contributed by atoms with E-state index < -0.39 is 5.41 Å². The topological polar surface area (TPSA) is 69.7 Å². The van der Waals surface area contributed by atoms with Crippen LogP contribution in [0, 0.1) is 5.41 Å². The molecular weight excluding hydrogens is 330 g/mol. The number of amides is 3. The Morgan fingerprint density at radius 3 is 1.96 bits per heavy atom. The van der Waals surface area contributed by atoms with Crippen molar-refractivity contribution in [2.24, 2.45) is 5.41 Å². The van der Waals surface area contributed by atoms with E-state index in [0.29, 0.717) is 31.9 Å². The van der Waals surface area contributed by atoms with Gasteiger partial charge in [0.05, 0.1) is 0 Å². The highest BCUT2D eigenvalue weighted by atomic mass is 16.2. The van der Waals surface area contributed by atoms with Crippen LogP contribution >= 0.6 is 0 Å². The Kier molecular flexibility index (Phi) is 5.74. The van der Waals surface area contributed by atoms with Gasteiger partial charge in [0, 0.05) is 31.9 Å². The fourth-order valence-corrected chi connectivity index (χ4v) is 2.86. The van der Waals surface area contributed by atoms with E-state index in [4.69, 9.17) is 0 Å². The smallest absolute Gasteiger partial charge is 0.239 e. The first-order chi connectivity index (χ1) is 12.1. The van der Waals surface area contributed by atoms with Crippen LogP contribution < -0.4 is 5.32 Å². The van der Waals surface area contributed by atoms with Crippen molar-refractivity contribution < 1.29 is 14.4 Å². The van der Waals surface area contributed by atoms with E-state index in [1.54, 1.807) is 23.6 Å². The molecule has 0 atom stereocenters. The van der Waals surface area contributed by atoms with Crippen molar-refractivity contribution >= 4 is 23.9 Å². The van der Waals surface area contributed by atoms with Gasteiger partial charge in [0.25, 0.3) is 0 Å². The summed E-state index contributed by atoms with van der Waals surface area (Å²) in [5.41, 5.74) is 0.724. The molecule has 142 valence electrons. The van der Waals surface area contributed by atoms with Gasteiger partial charge < -0.3 is 15.1 Å². The van der Waals surface area contributed by atoms with E-state index in [0.717, 1.165) is 6.41 Å². The summed E-state index contributed by atoms with van der Waals surface area (Å²) in [5.74, 6) is -0.546. The molecule has 6 heteroatoms. The number of benzene rings is 1. The van der Waals surface area contributed by atoms with E-state index in [1.165, 1.54) is 5.56 Å². The van der Waals surface area contributed by atoms with Crippen LogP contribution in [-0.4, -0.2) is 54.2 Å². The molecule has 1 heterocycles. The first-order valence-electron chi connectivity index (χ1n) is 8.96. The zero-order valence-electron chi connectivity index (χ0n) is 16.3. The Hall–Kier alpha value is -2.37. The van der Waals surface area contributed by atoms with Crippen LogP contribution in [0.5, 0.6) is 0 Å². The second kappa shape index (κ2) is 7.48. The lowest BCUT2D eigenvalue weighted by molar-refractivity contribution is -0.148. The van der Waals surface area contributed by atoms with Gasteiger partial charge in [-0.1, -0.05) is 32.9 Å². The number of nitrogens with one attached hydrogen (secondary N) is 1. The third-order valence-corrected chi connectivity index (χ3v) is 4.86. The van der Waals surface area contributed by atoms with Crippen LogP contribution in [-0.2, 0) is 19.8 Å². The zero-order valence-corrected chi connectivity index (χ0v) is 16.3. The van der Waals surface area contributed by atoms with Crippen LogP contribution in [0.1, 0.15) is 40.2 Å². The summed E-state index contributed by atoms with van der Waals surface area (Å²) in [4.78, 5) is 39.6. The van der Waals surface area contributed by atoms with E-state index in [9.17, 15) is 14.4 Å². The lowest BCUT2D eigenvalue weighted by Gasteiger charge is -2.36. The molecule has 1 aromatic carbocycles. The molecule has 0 unspecified atom stereocenters. The van der Waals surface area contributed by atoms with Gasteiger partial charge in [-0.3, -0.25) is 14.4 Å². The minimum atomic E-state index is -1.17. The average Bonchev–Trinajstić information content (AvgIpc) is 2.60. The van der Waals surface area contributed by atoms with E-state index in [-0.39, 0.29) is 17.2 Å². The largest absolute Gasteiger partial charge is 0.342 e. The molecule has 0 spiro atoms. The first kappa shape index (κ1) is 19.9. The van der Waals surface area contributed by atoms with Crippen molar-refractivity contribution in [2.75, 3.05) is 31.5 Å². The minimum absolute atomic E-state index is 0.0431. The molecule has 0 radical (unpaired) electrons. The quantitative estimate of drug-likeness (QED) is 0.662. The maximum absolute atomic E-state index is 12.8. The first-order valence-corrected chi connectivity index (χ1v) is 8.96. The van der Waals surface area contributed by atoms with Gasteiger partial charge in [-0.15, -0.1) is 0 Å². The summed E-state index contributed by atoms with van der Waals surface area (Å²) in [6, 6.07) is 7.70. The molecule has 1 saturated heterocycles. The summed E-state index contributed by atoms with van der Waals surface area (Å²) in [6.45, 7) is 11.6.